The summed E-state index contributed by atoms with van der Waals surface area (Å²) in [6.07, 6.45) is 4.90. The number of rotatable bonds is 2. The zero-order valence-electron chi connectivity index (χ0n) is 7.72. The predicted octanol–water partition coefficient (Wildman–Crippen LogP) is 2.66. The summed E-state index contributed by atoms with van der Waals surface area (Å²) >= 11 is 5.97. The first-order chi connectivity index (χ1) is 6.81. The van der Waals surface area contributed by atoms with Gasteiger partial charge in [-0.15, -0.1) is 0 Å². The fourth-order valence-corrected chi connectivity index (χ4v) is 2.28. The Balaban J connectivity index is 2.43. The van der Waals surface area contributed by atoms with Gasteiger partial charge in [-0.1, -0.05) is 11.6 Å². The monoisotopic (exact) mass is 207 g/mol. The molecule has 0 amide bonds. The van der Waals surface area contributed by atoms with Crippen molar-refractivity contribution in [2.24, 2.45) is 4.99 Å². The molecule has 0 saturated carbocycles. The van der Waals surface area contributed by atoms with E-state index in [9.17, 15) is 4.79 Å². The minimum Gasteiger partial charge on any atom is -0.211 e. The Labute approximate surface area is 87.6 Å². The third-order valence-electron chi connectivity index (χ3n) is 2.59. The first-order valence-corrected chi connectivity index (χ1v) is 5.03. The van der Waals surface area contributed by atoms with Crippen LogP contribution in [0.2, 0.25) is 5.02 Å². The van der Waals surface area contributed by atoms with Crippen molar-refractivity contribution in [3.63, 3.8) is 0 Å². The molecular weight excluding hydrogens is 198 g/mol. The van der Waals surface area contributed by atoms with E-state index in [2.05, 4.69) is 4.99 Å². The van der Waals surface area contributed by atoms with Crippen LogP contribution in [0.4, 0.5) is 0 Å². The highest BCUT2D eigenvalue weighted by atomic mass is 35.5. The maximum atomic E-state index is 10.0. The van der Waals surface area contributed by atoms with E-state index in [1.54, 1.807) is 6.08 Å². The zero-order chi connectivity index (χ0) is 9.97. The smallest absolute Gasteiger partial charge is 0.211 e. The van der Waals surface area contributed by atoms with Crippen LogP contribution in [0.3, 0.4) is 0 Å². The average molecular weight is 208 g/mol. The van der Waals surface area contributed by atoms with E-state index in [1.165, 1.54) is 17.5 Å². The Bertz CT molecular complexity index is 408. The lowest BCUT2D eigenvalue weighted by Gasteiger charge is -2.06. The quantitative estimate of drug-likeness (QED) is 0.542. The van der Waals surface area contributed by atoms with Crippen molar-refractivity contribution < 1.29 is 4.79 Å². The van der Waals surface area contributed by atoms with Gasteiger partial charge in [0.1, 0.15) is 0 Å². The van der Waals surface area contributed by atoms with Gasteiger partial charge < -0.3 is 0 Å². The van der Waals surface area contributed by atoms with Crippen molar-refractivity contribution in [2.45, 2.75) is 25.8 Å². The molecule has 0 aromatic heterocycles. The Morgan fingerprint density at radius 2 is 2.29 bits per heavy atom. The Morgan fingerprint density at radius 3 is 3.07 bits per heavy atom. The molecule has 0 atom stereocenters. The Hall–Kier alpha value is -1.11. The van der Waals surface area contributed by atoms with Crippen LogP contribution in [0.15, 0.2) is 17.1 Å². The molecule has 1 aliphatic rings. The van der Waals surface area contributed by atoms with Crippen LogP contribution < -0.4 is 0 Å². The summed E-state index contributed by atoms with van der Waals surface area (Å²) < 4.78 is 0. The summed E-state index contributed by atoms with van der Waals surface area (Å²) in [6.45, 7) is 0.409. The van der Waals surface area contributed by atoms with Crippen molar-refractivity contribution >= 4 is 17.7 Å². The predicted molar refractivity (Wildman–Crippen MR) is 55.3 cm³/mol. The number of aryl methyl sites for hydroxylation is 1. The van der Waals surface area contributed by atoms with E-state index in [1.807, 2.05) is 12.1 Å². The molecule has 0 bridgehead atoms. The van der Waals surface area contributed by atoms with Crippen molar-refractivity contribution in [1.82, 2.24) is 0 Å². The minimum absolute atomic E-state index is 0.409. The van der Waals surface area contributed by atoms with Gasteiger partial charge in [-0.25, -0.2) is 9.79 Å². The van der Waals surface area contributed by atoms with E-state index in [0.29, 0.717) is 6.54 Å². The van der Waals surface area contributed by atoms with Crippen molar-refractivity contribution in [3.05, 3.63) is 33.8 Å². The van der Waals surface area contributed by atoms with Gasteiger partial charge in [0.25, 0.3) is 0 Å². The van der Waals surface area contributed by atoms with Crippen molar-refractivity contribution in [1.29, 1.82) is 0 Å². The molecule has 0 unspecified atom stereocenters. The number of hydrogen-bond donors (Lipinski definition) is 0. The first kappa shape index (κ1) is 9.45. The molecule has 0 N–H and O–H groups in total. The number of fused-ring (bicyclic) bond motifs is 1. The van der Waals surface area contributed by atoms with Crippen LogP contribution in [0.1, 0.15) is 23.1 Å². The first-order valence-electron chi connectivity index (χ1n) is 4.65. The summed E-state index contributed by atoms with van der Waals surface area (Å²) in [5, 5.41) is 0.738. The van der Waals surface area contributed by atoms with Gasteiger partial charge in [-0.05, 0) is 48.1 Å². The molecule has 2 rings (SSSR count). The number of isocyanates is 1. The van der Waals surface area contributed by atoms with Crippen LogP contribution in [0.5, 0.6) is 0 Å². The molecule has 0 fully saturated rings. The van der Waals surface area contributed by atoms with Gasteiger partial charge in [0, 0.05) is 5.02 Å². The summed E-state index contributed by atoms with van der Waals surface area (Å²) in [5.74, 6) is 0. The number of nitrogens with zero attached hydrogens (tertiary/aromatic N) is 1. The molecule has 14 heavy (non-hydrogen) atoms. The summed E-state index contributed by atoms with van der Waals surface area (Å²) in [4.78, 5) is 13.6. The molecule has 0 heterocycles. The van der Waals surface area contributed by atoms with Crippen LogP contribution in [-0.2, 0) is 24.2 Å². The van der Waals surface area contributed by atoms with Gasteiger partial charge in [-0.2, -0.15) is 0 Å². The van der Waals surface area contributed by atoms with Crippen molar-refractivity contribution in [2.75, 3.05) is 0 Å². The van der Waals surface area contributed by atoms with Gasteiger partial charge in [-0.3, -0.25) is 0 Å². The number of carbonyl (C=O) groups excluding carboxylic acids is 1. The highest BCUT2D eigenvalue weighted by Crippen LogP contribution is 2.29. The van der Waals surface area contributed by atoms with Gasteiger partial charge in [0.05, 0.1) is 6.54 Å². The largest absolute Gasteiger partial charge is 0.235 e. The number of hydrogen-bond acceptors (Lipinski definition) is 2. The third-order valence-corrected chi connectivity index (χ3v) is 2.80. The number of benzene rings is 1. The molecule has 0 aliphatic heterocycles. The fraction of sp³-hybridized carbons (Fsp3) is 0.364. The van der Waals surface area contributed by atoms with E-state index in [-0.39, 0.29) is 0 Å². The Kier molecular flexibility index (Phi) is 2.67. The topological polar surface area (TPSA) is 29.4 Å². The second-order valence-electron chi connectivity index (χ2n) is 3.46. The SMILES string of the molecule is O=C=NCc1cc(Cl)cc2c1CCC2. The molecule has 1 aromatic carbocycles. The van der Waals surface area contributed by atoms with E-state index < -0.39 is 0 Å². The molecule has 72 valence electrons. The highest BCUT2D eigenvalue weighted by Gasteiger charge is 2.15. The summed E-state index contributed by atoms with van der Waals surface area (Å²) in [6, 6.07) is 3.91. The lowest BCUT2D eigenvalue weighted by molar-refractivity contribution is 0.562. The maximum absolute atomic E-state index is 10.0. The molecular formula is C11H10ClNO. The summed E-state index contributed by atoms with van der Waals surface area (Å²) in [5.41, 5.74) is 3.72. The highest BCUT2D eigenvalue weighted by molar-refractivity contribution is 6.30. The zero-order valence-corrected chi connectivity index (χ0v) is 8.47. The lowest BCUT2D eigenvalue weighted by atomic mass is 10.0. The van der Waals surface area contributed by atoms with E-state index in [0.717, 1.165) is 23.4 Å². The van der Waals surface area contributed by atoms with Gasteiger partial charge >= 0.3 is 0 Å². The molecule has 2 nitrogen and oxygen atoms in total. The maximum Gasteiger partial charge on any atom is 0.235 e. The van der Waals surface area contributed by atoms with Gasteiger partial charge in [0.15, 0.2) is 0 Å². The molecule has 1 aromatic rings. The van der Waals surface area contributed by atoms with Crippen molar-refractivity contribution in [3.8, 4) is 0 Å². The minimum atomic E-state index is 0.409. The second kappa shape index (κ2) is 3.95. The molecule has 3 heteroatoms. The Morgan fingerprint density at radius 1 is 1.43 bits per heavy atom. The molecule has 1 aliphatic carbocycles. The van der Waals surface area contributed by atoms with Crippen LogP contribution in [-0.4, -0.2) is 6.08 Å². The number of aliphatic imine (C=N–C) groups is 1. The number of halogens is 1. The lowest BCUT2D eigenvalue weighted by Crippen LogP contribution is -1.92. The van der Waals surface area contributed by atoms with E-state index >= 15 is 0 Å². The van der Waals surface area contributed by atoms with Gasteiger partial charge in [0.2, 0.25) is 6.08 Å². The molecule has 0 radical (unpaired) electrons. The van der Waals surface area contributed by atoms with E-state index in [4.69, 9.17) is 11.6 Å². The standard InChI is InChI=1S/C11H10ClNO/c12-10-4-8-2-1-3-11(8)9(5-10)6-13-7-14/h4-5H,1-3,6H2. The molecule has 0 saturated heterocycles. The second-order valence-corrected chi connectivity index (χ2v) is 3.90. The van der Waals surface area contributed by atoms with Crippen LogP contribution >= 0.6 is 11.6 Å². The summed E-state index contributed by atoms with van der Waals surface area (Å²) in [7, 11) is 0. The molecule has 0 spiro atoms. The average Bonchev–Trinajstić information content (AvgIpc) is 2.61. The fourth-order valence-electron chi connectivity index (χ4n) is 2.01. The van der Waals surface area contributed by atoms with Crippen LogP contribution in [0.25, 0.3) is 0 Å². The third kappa shape index (κ3) is 1.72. The normalized spacial score (nSPS) is 13.5. The van der Waals surface area contributed by atoms with Crippen LogP contribution in [0, 0.1) is 0 Å².